The quantitative estimate of drug-likeness (QED) is 0.763. The molecule has 0 aliphatic heterocycles. The van der Waals surface area contributed by atoms with Gasteiger partial charge < -0.3 is 0 Å². The number of hydrogen-bond donors (Lipinski definition) is 0. The third-order valence-corrected chi connectivity index (χ3v) is 4.02. The minimum Gasteiger partial charge on any atom is -0.292 e. The van der Waals surface area contributed by atoms with Crippen LogP contribution in [0, 0.1) is 6.92 Å². The minimum atomic E-state index is -0.254. The van der Waals surface area contributed by atoms with E-state index in [4.69, 9.17) is 0 Å². The molecule has 1 heterocycles. The van der Waals surface area contributed by atoms with Crippen molar-refractivity contribution in [3.63, 3.8) is 0 Å². The maximum atomic E-state index is 12.1. The molecular weight excluding hydrogens is 376 g/mol. The normalized spacial score (nSPS) is 10.5. The summed E-state index contributed by atoms with van der Waals surface area (Å²) in [6, 6.07) is 7.06. The highest BCUT2D eigenvalue weighted by Crippen LogP contribution is 2.13. The summed E-state index contributed by atoms with van der Waals surface area (Å²) >= 11 is 6.48. The molecule has 0 aliphatic rings. The van der Waals surface area contributed by atoms with Crippen molar-refractivity contribution in [3.8, 4) is 0 Å². The van der Waals surface area contributed by atoms with Gasteiger partial charge in [-0.2, -0.15) is 0 Å². The Bertz CT molecular complexity index is 695. The Morgan fingerprint density at radius 3 is 2.79 bits per heavy atom. The molecule has 98 valence electrons. The van der Waals surface area contributed by atoms with E-state index in [9.17, 15) is 9.59 Å². The fourth-order valence-corrected chi connectivity index (χ4v) is 2.30. The lowest BCUT2D eigenvalue weighted by molar-refractivity contribution is 0.0970. The largest absolute Gasteiger partial charge is 0.292 e. The first-order valence-electron chi connectivity index (χ1n) is 5.49. The summed E-state index contributed by atoms with van der Waals surface area (Å²) in [6.45, 7) is 1.70. The Hall–Kier alpha value is -1.27. The van der Waals surface area contributed by atoms with Crippen molar-refractivity contribution in [3.05, 3.63) is 61.1 Å². The van der Waals surface area contributed by atoms with Gasteiger partial charge in [0, 0.05) is 10.0 Å². The molecule has 0 saturated heterocycles. The maximum Gasteiger partial charge on any atom is 0.268 e. The van der Waals surface area contributed by atoms with E-state index in [1.165, 1.54) is 10.9 Å². The Kier molecular flexibility index (Phi) is 4.31. The van der Waals surface area contributed by atoms with Crippen LogP contribution in [0.5, 0.6) is 0 Å². The second-order valence-corrected chi connectivity index (χ2v) is 5.72. The first-order chi connectivity index (χ1) is 8.99. The third kappa shape index (κ3) is 3.19. The molecule has 6 heteroatoms. The van der Waals surface area contributed by atoms with Gasteiger partial charge in [-0.15, -0.1) is 0 Å². The Morgan fingerprint density at radius 2 is 2.11 bits per heavy atom. The number of benzene rings is 1. The molecule has 0 N–H and O–H groups in total. The van der Waals surface area contributed by atoms with Crippen molar-refractivity contribution in [1.29, 1.82) is 0 Å². The second kappa shape index (κ2) is 5.79. The van der Waals surface area contributed by atoms with E-state index in [2.05, 4.69) is 36.8 Å². The van der Waals surface area contributed by atoms with E-state index in [0.29, 0.717) is 15.7 Å². The number of carbonyl (C=O) groups is 1. The average molecular weight is 386 g/mol. The Morgan fingerprint density at radius 1 is 1.37 bits per heavy atom. The van der Waals surface area contributed by atoms with Crippen LogP contribution in [0.2, 0.25) is 0 Å². The van der Waals surface area contributed by atoms with E-state index < -0.39 is 0 Å². The van der Waals surface area contributed by atoms with Crippen LogP contribution in [0.4, 0.5) is 0 Å². The van der Waals surface area contributed by atoms with Gasteiger partial charge >= 0.3 is 0 Å². The molecule has 0 saturated carbocycles. The van der Waals surface area contributed by atoms with Crippen LogP contribution in [0.3, 0.4) is 0 Å². The number of aromatic nitrogens is 2. The monoisotopic (exact) mass is 384 g/mol. The second-order valence-electron chi connectivity index (χ2n) is 4.01. The molecule has 19 heavy (non-hydrogen) atoms. The van der Waals surface area contributed by atoms with Crippen LogP contribution in [0.15, 0.2) is 44.3 Å². The minimum absolute atomic E-state index is 0.0266. The smallest absolute Gasteiger partial charge is 0.268 e. The summed E-state index contributed by atoms with van der Waals surface area (Å²) in [7, 11) is 0. The topological polar surface area (TPSA) is 52.0 Å². The molecule has 2 rings (SSSR count). The van der Waals surface area contributed by atoms with E-state index in [1.807, 2.05) is 6.07 Å². The predicted molar refractivity (Wildman–Crippen MR) is 79.4 cm³/mol. The van der Waals surface area contributed by atoms with Crippen molar-refractivity contribution >= 4 is 37.6 Å². The van der Waals surface area contributed by atoms with Crippen molar-refractivity contribution in [2.24, 2.45) is 0 Å². The van der Waals surface area contributed by atoms with Crippen LogP contribution < -0.4 is 5.56 Å². The van der Waals surface area contributed by atoms with Gasteiger partial charge in [0.25, 0.3) is 5.56 Å². The summed E-state index contributed by atoms with van der Waals surface area (Å²) in [5.41, 5.74) is 0.907. The molecule has 4 nitrogen and oxygen atoms in total. The van der Waals surface area contributed by atoms with Crippen LogP contribution in [-0.4, -0.2) is 15.3 Å². The summed E-state index contributed by atoms with van der Waals surface area (Å²) in [4.78, 5) is 28.1. The van der Waals surface area contributed by atoms with Gasteiger partial charge in [0.2, 0.25) is 0 Å². The van der Waals surface area contributed by atoms with Crippen LogP contribution in [0.1, 0.15) is 16.1 Å². The lowest BCUT2D eigenvalue weighted by Crippen LogP contribution is -2.25. The molecule has 1 aromatic heterocycles. The number of halogens is 2. The van der Waals surface area contributed by atoms with E-state index >= 15 is 0 Å². The van der Waals surface area contributed by atoms with Crippen LogP contribution in [0.25, 0.3) is 0 Å². The summed E-state index contributed by atoms with van der Waals surface area (Å²) in [5, 5.41) is 0. The van der Waals surface area contributed by atoms with Crippen molar-refractivity contribution in [2.75, 3.05) is 0 Å². The predicted octanol–water partition coefficient (Wildman–Crippen LogP) is 2.96. The molecule has 2 aromatic rings. The average Bonchev–Trinajstić information content (AvgIpc) is 2.39. The highest BCUT2D eigenvalue weighted by atomic mass is 79.9. The molecule has 0 spiro atoms. The van der Waals surface area contributed by atoms with Gasteiger partial charge in [-0.25, -0.2) is 4.98 Å². The van der Waals surface area contributed by atoms with Crippen molar-refractivity contribution in [1.82, 2.24) is 9.55 Å². The zero-order chi connectivity index (χ0) is 14.0. The molecule has 1 aromatic carbocycles. The summed E-state index contributed by atoms with van der Waals surface area (Å²) in [5.74, 6) is -0.138. The lowest BCUT2D eigenvalue weighted by atomic mass is 10.1. The first kappa shape index (κ1) is 14.1. The SMILES string of the molecule is Cc1ncn(CC(=O)c2cccc(Br)c2)c(=O)c1Br. The molecule has 0 atom stereocenters. The lowest BCUT2D eigenvalue weighted by Gasteiger charge is -2.06. The van der Waals surface area contributed by atoms with Gasteiger partial charge in [-0.1, -0.05) is 28.1 Å². The molecule has 0 aliphatic carbocycles. The maximum absolute atomic E-state index is 12.1. The van der Waals surface area contributed by atoms with Crippen LogP contribution in [-0.2, 0) is 6.54 Å². The highest BCUT2D eigenvalue weighted by molar-refractivity contribution is 9.10. The van der Waals surface area contributed by atoms with Gasteiger partial charge in [0.05, 0.1) is 18.6 Å². The van der Waals surface area contributed by atoms with E-state index in [0.717, 1.165) is 4.47 Å². The van der Waals surface area contributed by atoms with Gasteiger partial charge in [0.15, 0.2) is 5.78 Å². The molecule has 0 bridgehead atoms. The number of aryl methyl sites for hydroxylation is 1. The van der Waals surface area contributed by atoms with Crippen molar-refractivity contribution < 1.29 is 4.79 Å². The fourth-order valence-electron chi connectivity index (χ4n) is 1.57. The highest BCUT2D eigenvalue weighted by Gasteiger charge is 2.11. The molecule has 0 unspecified atom stereocenters. The molecule has 0 amide bonds. The zero-order valence-corrected chi connectivity index (χ0v) is 13.2. The Labute approximate surface area is 126 Å². The van der Waals surface area contributed by atoms with Gasteiger partial charge in [0.1, 0.15) is 4.47 Å². The molecule has 0 radical (unpaired) electrons. The summed E-state index contributed by atoms with van der Waals surface area (Å²) < 4.78 is 2.51. The molecule has 0 fully saturated rings. The van der Waals surface area contributed by atoms with Crippen molar-refractivity contribution in [2.45, 2.75) is 13.5 Å². The van der Waals surface area contributed by atoms with E-state index in [1.54, 1.807) is 25.1 Å². The number of hydrogen-bond acceptors (Lipinski definition) is 3. The zero-order valence-electron chi connectivity index (χ0n) is 10.1. The fraction of sp³-hybridized carbons (Fsp3) is 0.154. The van der Waals surface area contributed by atoms with Crippen LogP contribution >= 0.6 is 31.9 Å². The summed E-state index contributed by atoms with van der Waals surface area (Å²) in [6.07, 6.45) is 1.39. The van der Waals surface area contributed by atoms with Gasteiger partial charge in [-0.3, -0.25) is 14.2 Å². The van der Waals surface area contributed by atoms with Gasteiger partial charge in [-0.05, 0) is 35.0 Å². The number of ketones is 1. The number of nitrogens with zero attached hydrogens (tertiary/aromatic N) is 2. The number of rotatable bonds is 3. The first-order valence-corrected chi connectivity index (χ1v) is 7.08. The van der Waals surface area contributed by atoms with E-state index in [-0.39, 0.29) is 17.9 Å². The third-order valence-electron chi connectivity index (χ3n) is 2.62. The number of Topliss-reactive ketones (excluding diaryl/α,β-unsaturated/α-hetero) is 1. The number of carbonyl (C=O) groups excluding carboxylic acids is 1. The molecular formula is C13H10Br2N2O2. The standard InChI is InChI=1S/C13H10Br2N2O2/c1-8-12(15)13(19)17(7-16-8)6-11(18)9-3-2-4-10(14)5-9/h2-5,7H,6H2,1H3. The Balaban J connectivity index is 2.30.